The van der Waals surface area contributed by atoms with Crippen LogP contribution in [0.15, 0.2) is 38.3 Å². The van der Waals surface area contributed by atoms with Gasteiger partial charge in [-0.25, -0.2) is 4.79 Å². The number of H-pyrrole nitrogens is 1. The Kier molecular flexibility index (Phi) is 4.08. The van der Waals surface area contributed by atoms with Crippen molar-refractivity contribution in [2.24, 2.45) is 0 Å². The molecule has 21 heavy (non-hydrogen) atoms. The second kappa shape index (κ2) is 5.51. The number of rotatable bonds is 2. The summed E-state index contributed by atoms with van der Waals surface area (Å²) in [5, 5.41) is 0. The number of alkyl halides is 3. The normalized spacial score (nSPS) is 11.7. The fourth-order valence-electron chi connectivity index (χ4n) is 1.95. The molecule has 0 radical (unpaired) electrons. The van der Waals surface area contributed by atoms with E-state index in [-0.39, 0.29) is 22.3 Å². The third kappa shape index (κ3) is 3.10. The molecule has 0 atom stereocenters. The first-order valence-corrected chi connectivity index (χ1v) is 6.65. The van der Waals surface area contributed by atoms with E-state index in [9.17, 15) is 22.8 Å². The summed E-state index contributed by atoms with van der Waals surface area (Å²) in [6.45, 7) is 1.20. The fourth-order valence-corrected chi connectivity index (χ4v) is 2.26. The molecule has 112 valence electrons. The first kappa shape index (κ1) is 15.6. The van der Waals surface area contributed by atoms with Crippen LogP contribution in [0.5, 0.6) is 0 Å². The Balaban J connectivity index is 2.58. The van der Waals surface area contributed by atoms with Crippen molar-refractivity contribution in [3.05, 3.63) is 66.4 Å². The highest BCUT2D eigenvalue weighted by molar-refractivity contribution is 9.10. The minimum absolute atomic E-state index is 0.0471. The Morgan fingerprint density at radius 1 is 1.24 bits per heavy atom. The van der Waals surface area contributed by atoms with Gasteiger partial charge in [-0.3, -0.25) is 14.3 Å². The lowest BCUT2D eigenvalue weighted by atomic mass is 10.1. The van der Waals surface area contributed by atoms with Crippen molar-refractivity contribution in [2.75, 3.05) is 0 Å². The molecule has 1 aromatic carbocycles. The van der Waals surface area contributed by atoms with Crippen LogP contribution in [0.25, 0.3) is 0 Å². The smallest absolute Gasteiger partial charge is 0.292 e. The average molecular weight is 363 g/mol. The molecule has 1 heterocycles. The topological polar surface area (TPSA) is 54.9 Å². The maximum Gasteiger partial charge on any atom is 0.416 e. The van der Waals surface area contributed by atoms with E-state index < -0.39 is 23.0 Å². The number of nitrogens with zero attached hydrogens (tertiary/aromatic N) is 1. The van der Waals surface area contributed by atoms with Gasteiger partial charge in [0.05, 0.1) is 12.1 Å². The lowest BCUT2D eigenvalue weighted by Crippen LogP contribution is -2.33. The summed E-state index contributed by atoms with van der Waals surface area (Å²) >= 11 is 3.01. The number of nitrogens with one attached hydrogen (secondary N) is 1. The molecule has 0 aliphatic carbocycles. The van der Waals surface area contributed by atoms with Gasteiger partial charge in [0.1, 0.15) is 4.47 Å². The number of aromatic nitrogens is 2. The molecule has 0 aliphatic rings. The molecular weight excluding hydrogens is 353 g/mol. The lowest BCUT2D eigenvalue weighted by molar-refractivity contribution is -0.138. The van der Waals surface area contributed by atoms with E-state index in [1.807, 2.05) is 0 Å². The van der Waals surface area contributed by atoms with Gasteiger partial charge in [-0.2, -0.15) is 13.2 Å². The SMILES string of the molecule is Cc1c(Br)c(=O)[nH]c(=O)n1Cc1ccccc1C(F)(F)F. The van der Waals surface area contributed by atoms with Gasteiger partial charge in [-0.05, 0) is 34.5 Å². The second-order valence-corrected chi connectivity index (χ2v) is 5.19. The molecule has 0 amide bonds. The number of halogens is 4. The molecule has 0 spiro atoms. The Hall–Kier alpha value is -1.83. The fraction of sp³-hybridized carbons (Fsp3) is 0.231. The summed E-state index contributed by atoms with van der Waals surface area (Å²) < 4.78 is 40.0. The average Bonchev–Trinajstić information content (AvgIpc) is 2.40. The first-order valence-electron chi connectivity index (χ1n) is 5.86. The molecule has 4 nitrogen and oxygen atoms in total. The van der Waals surface area contributed by atoms with E-state index in [2.05, 4.69) is 20.9 Å². The highest BCUT2D eigenvalue weighted by Crippen LogP contribution is 2.32. The van der Waals surface area contributed by atoms with E-state index in [4.69, 9.17) is 0 Å². The number of hydrogen-bond donors (Lipinski definition) is 1. The summed E-state index contributed by atoms with van der Waals surface area (Å²) in [4.78, 5) is 25.2. The van der Waals surface area contributed by atoms with Crippen LogP contribution in [0.4, 0.5) is 13.2 Å². The number of benzene rings is 1. The van der Waals surface area contributed by atoms with Crippen LogP contribution in [0.1, 0.15) is 16.8 Å². The summed E-state index contributed by atoms with van der Waals surface area (Å²) in [6, 6.07) is 5.00. The van der Waals surface area contributed by atoms with Crippen LogP contribution in [-0.2, 0) is 12.7 Å². The van der Waals surface area contributed by atoms with Crippen molar-refractivity contribution >= 4 is 15.9 Å². The predicted molar refractivity (Wildman–Crippen MR) is 74.3 cm³/mol. The van der Waals surface area contributed by atoms with Crippen LogP contribution in [0.2, 0.25) is 0 Å². The molecule has 1 N–H and O–H groups in total. The molecule has 8 heteroatoms. The van der Waals surface area contributed by atoms with Crippen molar-refractivity contribution in [1.82, 2.24) is 9.55 Å². The summed E-state index contributed by atoms with van der Waals surface area (Å²) in [5.74, 6) is 0. The van der Waals surface area contributed by atoms with E-state index in [0.29, 0.717) is 0 Å². The molecule has 0 aliphatic heterocycles. The second-order valence-electron chi connectivity index (χ2n) is 4.40. The van der Waals surface area contributed by atoms with Crippen molar-refractivity contribution in [3.63, 3.8) is 0 Å². The highest BCUT2D eigenvalue weighted by Gasteiger charge is 2.33. The maximum absolute atomic E-state index is 12.9. The van der Waals surface area contributed by atoms with Crippen molar-refractivity contribution < 1.29 is 13.2 Å². The Labute approximate surface area is 125 Å². The van der Waals surface area contributed by atoms with Crippen LogP contribution >= 0.6 is 15.9 Å². The summed E-state index contributed by atoms with van der Waals surface area (Å²) in [5.41, 5.74) is -1.95. The van der Waals surface area contributed by atoms with Crippen LogP contribution in [0.3, 0.4) is 0 Å². The molecule has 2 aromatic rings. The van der Waals surface area contributed by atoms with E-state index >= 15 is 0 Å². The van der Waals surface area contributed by atoms with Crippen LogP contribution in [-0.4, -0.2) is 9.55 Å². The van der Waals surface area contributed by atoms with E-state index in [1.54, 1.807) is 0 Å². The third-order valence-electron chi connectivity index (χ3n) is 3.04. The molecule has 0 saturated carbocycles. The quantitative estimate of drug-likeness (QED) is 0.892. The van der Waals surface area contributed by atoms with Gasteiger partial charge in [0.25, 0.3) is 5.56 Å². The summed E-state index contributed by atoms with van der Waals surface area (Å²) in [7, 11) is 0. The van der Waals surface area contributed by atoms with Gasteiger partial charge in [0.2, 0.25) is 0 Å². The molecule has 1 aromatic heterocycles. The first-order chi connectivity index (χ1) is 9.71. The zero-order valence-electron chi connectivity index (χ0n) is 10.8. The van der Waals surface area contributed by atoms with Gasteiger partial charge in [-0.1, -0.05) is 18.2 Å². The van der Waals surface area contributed by atoms with Gasteiger partial charge in [0, 0.05) is 5.69 Å². The standard InChI is InChI=1S/C13H10BrF3N2O2/c1-7-10(14)11(20)18-12(21)19(7)6-8-4-2-3-5-9(8)13(15,16)17/h2-5H,6H2,1H3,(H,18,20,21). The van der Waals surface area contributed by atoms with E-state index in [0.717, 1.165) is 10.6 Å². The Morgan fingerprint density at radius 3 is 2.48 bits per heavy atom. The molecule has 0 saturated heterocycles. The van der Waals surface area contributed by atoms with Crippen LogP contribution < -0.4 is 11.2 Å². The number of aromatic amines is 1. The Morgan fingerprint density at radius 2 is 1.86 bits per heavy atom. The number of hydrogen-bond acceptors (Lipinski definition) is 2. The summed E-state index contributed by atoms with van der Waals surface area (Å²) in [6.07, 6.45) is -4.51. The van der Waals surface area contributed by atoms with Crippen molar-refractivity contribution in [1.29, 1.82) is 0 Å². The molecule has 0 fully saturated rings. The molecule has 2 rings (SSSR count). The van der Waals surface area contributed by atoms with Crippen LogP contribution in [0, 0.1) is 6.92 Å². The van der Waals surface area contributed by atoms with Crippen molar-refractivity contribution in [3.8, 4) is 0 Å². The predicted octanol–water partition coefficient (Wildman–Crippen LogP) is 2.67. The Bertz CT molecular complexity index is 793. The van der Waals surface area contributed by atoms with Gasteiger partial charge in [0.15, 0.2) is 0 Å². The zero-order valence-corrected chi connectivity index (χ0v) is 12.4. The monoisotopic (exact) mass is 362 g/mol. The minimum atomic E-state index is -4.51. The molecule has 0 bridgehead atoms. The van der Waals surface area contributed by atoms with Gasteiger partial charge in [-0.15, -0.1) is 0 Å². The van der Waals surface area contributed by atoms with Gasteiger partial charge < -0.3 is 0 Å². The zero-order chi connectivity index (χ0) is 15.8. The minimum Gasteiger partial charge on any atom is -0.292 e. The molecule has 0 unspecified atom stereocenters. The highest BCUT2D eigenvalue weighted by atomic mass is 79.9. The third-order valence-corrected chi connectivity index (χ3v) is 3.97. The maximum atomic E-state index is 12.9. The molecular formula is C13H10BrF3N2O2. The largest absolute Gasteiger partial charge is 0.416 e. The van der Waals surface area contributed by atoms with Gasteiger partial charge >= 0.3 is 11.9 Å². The van der Waals surface area contributed by atoms with E-state index in [1.165, 1.54) is 25.1 Å². The lowest BCUT2D eigenvalue weighted by Gasteiger charge is -2.15. The van der Waals surface area contributed by atoms with Crippen molar-refractivity contribution in [2.45, 2.75) is 19.6 Å².